The zero-order valence-corrected chi connectivity index (χ0v) is 15.9. The third-order valence-corrected chi connectivity index (χ3v) is 4.46. The molecule has 1 fully saturated rings. The quantitative estimate of drug-likeness (QED) is 0.655. The Balaban J connectivity index is 1.61. The molecule has 2 aromatic carbocycles. The molecule has 1 aliphatic heterocycles. The normalized spacial score (nSPS) is 14.4. The summed E-state index contributed by atoms with van der Waals surface area (Å²) in [5, 5.41) is 3.07. The molecule has 30 heavy (non-hydrogen) atoms. The van der Waals surface area contributed by atoms with Gasteiger partial charge in [0.1, 0.15) is 11.6 Å². The molecule has 0 unspecified atom stereocenters. The maximum absolute atomic E-state index is 12.3. The fourth-order valence-electron chi connectivity index (χ4n) is 3.07. The third-order valence-electron chi connectivity index (χ3n) is 4.46. The maximum Gasteiger partial charge on any atom is 0.573 e. The van der Waals surface area contributed by atoms with Crippen LogP contribution in [0.5, 0.6) is 5.75 Å². The Morgan fingerprint density at radius 2 is 1.63 bits per heavy atom. The SMILES string of the molecule is FC(F)(F)Oc1ccc(Nc2nc(-c3ccccc3)cc(N3CCOCC3)n2)cc1. The van der Waals surface area contributed by atoms with Crippen molar-refractivity contribution in [2.24, 2.45) is 0 Å². The molecule has 6 nitrogen and oxygen atoms in total. The third kappa shape index (κ3) is 5.18. The predicted octanol–water partition coefficient (Wildman–Crippen LogP) is 4.62. The summed E-state index contributed by atoms with van der Waals surface area (Å²) in [6.07, 6.45) is -4.73. The molecule has 0 radical (unpaired) electrons. The van der Waals surface area contributed by atoms with Crippen LogP contribution in [0.25, 0.3) is 11.3 Å². The summed E-state index contributed by atoms with van der Waals surface area (Å²) < 4.78 is 46.4. The van der Waals surface area contributed by atoms with Gasteiger partial charge in [0.05, 0.1) is 18.9 Å². The van der Waals surface area contributed by atoms with Gasteiger partial charge >= 0.3 is 6.36 Å². The first-order valence-corrected chi connectivity index (χ1v) is 9.36. The highest BCUT2D eigenvalue weighted by Crippen LogP contribution is 2.27. The molecule has 4 rings (SSSR count). The fourth-order valence-corrected chi connectivity index (χ4v) is 3.07. The predicted molar refractivity (Wildman–Crippen MR) is 107 cm³/mol. The lowest BCUT2D eigenvalue weighted by Gasteiger charge is -2.28. The van der Waals surface area contributed by atoms with Crippen LogP contribution in [0.3, 0.4) is 0 Å². The van der Waals surface area contributed by atoms with Gasteiger partial charge in [-0.25, -0.2) is 4.98 Å². The fraction of sp³-hybridized carbons (Fsp3) is 0.238. The van der Waals surface area contributed by atoms with Gasteiger partial charge in [-0.15, -0.1) is 13.2 Å². The van der Waals surface area contributed by atoms with Crippen LogP contribution in [0, 0.1) is 0 Å². The summed E-state index contributed by atoms with van der Waals surface area (Å²) in [6, 6.07) is 17.1. The second-order valence-electron chi connectivity index (χ2n) is 6.60. The van der Waals surface area contributed by atoms with E-state index >= 15 is 0 Å². The first-order chi connectivity index (χ1) is 14.5. The summed E-state index contributed by atoms with van der Waals surface area (Å²) in [6.45, 7) is 2.67. The monoisotopic (exact) mass is 416 g/mol. The zero-order valence-electron chi connectivity index (χ0n) is 15.9. The molecule has 0 aliphatic carbocycles. The van der Waals surface area contributed by atoms with Crippen LogP contribution in [0.4, 0.5) is 30.6 Å². The number of morpholine rings is 1. The number of benzene rings is 2. The Labute approximate surface area is 171 Å². The van der Waals surface area contributed by atoms with Gasteiger partial charge < -0.3 is 19.7 Å². The molecule has 0 amide bonds. The lowest BCUT2D eigenvalue weighted by Crippen LogP contribution is -2.36. The van der Waals surface area contributed by atoms with E-state index in [1.165, 1.54) is 24.3 Å². The van der Waals surface area contributed by atoms with Crippen molar-refractivity contribution in [3.63, 3.8) is 0 Å². The van der Waals surface area contributed by atoms with Crippen molar-refractivity contribution in [2.75, 3.05) is 36.5 Å². The highest BCUT2D eigenvalue weighted by molar-refractivity contribution is 5.66. The van der Waals surface area contributed by atoms with Crippen molar-refractivity contribution in [2.45, 2.75) is 6.36 Å². The van der Waals surface area contributed by atoms with Gasteiger partial charge in [0.15, 0.2) is 0 Å². The summed E-state index contributed by atoms with van der Waals surface area (Å²) in [5.41, 5.74) is 2.22. The Bertz CT molecular complexity index is 976. The van der Waals surface area contributed by atoms with Crippen LogP contribution in [0.15, 0.2) is 60.7 Å². The minimum atomic E-state index is -4.73. The van der Waals surface area contributed by atoms with Crippen molar-refractivity contribution in [3.05, 3.63) is 60.7 Å². The number of aromatic nitrogens is 2. The molecular weight excluding hydrogens is 397 g/mol. The van der Waals surface area contributed by atoms with E-state index in [0.29, 0.717) is 37.9 Å². The Hall–Kier alpha value is -3.33. The number of hydrogen-bond donors (Lipinski definition) is 1. The van der Waals surface area contributed by atoms with Crippen molar-refractivity contribution < 1.29 is 22.6 Å². The van der Waals surface area contributed by atoms with Crippen molar-refractivity contribution in [1.29, 1.82) is 0 Å². The smallest absolute Gasteiger partial charge is 0.406 e. The van der Waals surface area contributed by atoms with E-state index in [1.54, 1.807) is 0 Å². The summed E-state index contributed by atoms with van der Waals surface area (Å²) in [5.74, 6) is 0.815. The van der Waals surface area contributed by atoms with Gasteiger partial charge in [0, 0.05) is 30.4 Å². The number of ether oxygens (including phenoxy) is 2. The average Bonchev–Trinajstić information content (AvgIpc) is 2.75. The van der Waals surface area contributed by atoms with E-state index in [-0.39, 0.29) is 5.75 Å². The van der Waals surface area contributed by atoms with E-state index < -0.39 is 6.36 Å². The molecule has 3 aromatic rings. The maximum atomic E-state index is 12.3. The Morgan fingerprint density at radius 3 is 2.30 bits per heavy atom. The molecule has 2 heterocycles. The van der Waals surface area contributed by atoms with Crippen molar-refractivity contribution in [1.82, 2.24) is 9.97 Å². The molecule has 1 N–H and O–H groups in total. The minimum Gasteiger partial charge on any atom is -0.406 e. The van der Waals surface area contributed by atoms with Gasteiger partial charge in [-0.3, -0.25) is 0 Å². The summed E-state index contributed by atoms with van der Waals surface area (Å²) >= 11 is 0. The van der Waals surface area contributed by atoms with Gasteiger partial charge in [-0.05, 0) is 24.3 Å². The second-order valence-corrected chi connectivity index (χ2v) is 6.60. The van der Waals surface area contributed by atoms with Crippen LogP contribution < -0.4 is 15.0 Å². The van der Waals surface area contributed by atoms with Crippen molar-refractivity contribution >= 4 is 17.5 Å². The molecule has 1 aliphatic rings. The average molecular weight is 416 g/mol. The summed E-state index contributed by atoms with van der Waals surface area (Å²) in [4.78, 5) is 11.3. The standard InChI is InChI=1S/C21H19F3N4O2/c22-21(23,24)30-17-8-6-16(7-9-17)25-20-26-18(15-4-2-1-3-5-15)14-19(27-20)28-10-12-29-13-11-28/h1-9,14H,10-13H2,(H,25,26,27). The van der Waals surface area contributed by atoms with Gasteiger partial charge in [0.2, 0.25) is 5.95 Å². The molecular formula is C21H19F3N4O2. The van der Waals surface area contributed by atoms with Crippen LogP contribution in [0.2, 0.25) is 0 Å². The first-order valence-electron chi connectivity index (χ1n) is 9.36. The number of rotatable bonds is 5. The molecule has 156 valence electrons. The molecule has 0 atom stereocenters. The molecule has 0 saturated carbocycles. The van der Waals surface area contributed by atoms with Gasteiger partial charge in [0.25, 0.3) is 0 Å². The van der Waals surface area contributed by atoms with E-state index in [4.69, 9.17) is 4.74 Å². The topological polar surface area (TPSA) is 59.5 Å². The molecule has 0 bridgehead atoms. The number of hydrogen-bond acceptors (Lipinski definition) is 6. The number of alkyl halides is 3. The number of nitrogens with zero attached hydrogens (tertiary/aromatic N) is 3. The number of halogens is 3. The Morgan fingerprint density at radius 1 is 0.933 bits per heavy atom. The van der Waals surface area contributed by atoms with E-state index in [9.17, 15) is 13.2 Å². The van der Waals surface area contributed by atoms with E-state index in [0.717, 1.165) is 17.1 Å². The lowest BCUT2D eigenvalue weighted by atomic mass is 10.1. The number of nitrogens with one attached hydrogen (secondary N) is 1. The van der Waals surface area contributed by atoms with Crippen LogP contribution >= 0.6 is 0 Å². The number of anilines is 3. The van der Waals surface area contributed by atoms with Crippen LogP contribution in [-0.4, -0.2) is 42.6 Å². The highest BCUT2D eigenvalue weighted by Gasteiger charge is 2.31. The molecule has 1 saturated heterocycles. The van der Waals surface area contributed by atoms with E-state index in [1.807, 2.05) is 36.4 Å². The summed E-state index contributed by atoms with van der Waals surface area (Å²) in [7, 11) is 0. The van der Waals surface area contributed by atoms with Gasteiger partial charge in [-0.2, -0.15) is 4.98 Å². The Kier molecular flexibility index (Phi) is 5.71. The lowest BCUT2D eigenvalue weighted by molar-refractivity contribution is -0.274. The minimum absolute atomic E-state index is 0.291. The van der Waals surface area contributed by atoms with Crippen LogP contribution in [-0.2, 0) is 4.74 Å². The largest absolute Gasteiger partial charge is 0.573 e. The molecule has 9 heteroatoms. The highest BCUT2D eigenvalue weighted by atomic mass is 19.4. The van der Waals surface area contributed by atoms with Crippen LogP contribution in [0.1, 0.15) is 0 Å². The molecule has 0 spiro atoms. The first kappa shape index (κ1) is 20.0. The zero-order chi connectivity index (χ0) is 21.0. The van der Waals surface area contributed by atoms with Gasteiger partial charge in [-0.1, -0.05) is 30.3 Å². The van der Waals surface area contributed by atoms with E-state index in [2.05, 4.69) is 24.9 Å². The molecule has 1 aromatic heterocycles. The second kappa shape index (κ2) is 8.58. The van der Waals surface area contributed by atoms with Crippen molar-refractivity contribution in [3.8, 4) is 17.0 Å².